The van der Waals surface area contributed by atoms with Crippen LogP contribution in [0.3, 0.4) is 0 Å². The summed E-state index contributed by atoms with van der Waals surface area (Å²) in [5.41, 5.74) is 2.47. The number of aliphatic hydroxyl groups is 1. The van der Waals surface area contributed by atoms with Crippen LogP contribution in [0.25, 0.3) is 11.0 Å². The highest BCUT2D eigenvalue weighted by Gasteiger charge is 2.38. The van der Waals surface area contributed by atoms with Crippen molar-refractivity contribution in [2.24, 2.45) is 11.8 Å². The third kappa shape index (κ3) is 4.83. The number of halogens is 2. The summed E-state index contributed by atoms with van der Waals surface area (Å²) in [6.07, 6.45) is 1.93. The molecule has 1 saturated heterocycles. The van der Waals surface area contributed by atoms with Crippen molar-refractivity contribution in [1.82, 2.24) is 20.2 Å². The molecule has 11 heteroatoms. The number of aromatic amines is 1. The number of hydrogen-bond acceptors (Lipinski definition) is 7. The average Bonchev–Trinajstić information content (AvgIpc) is 3.36. The van der Waals surface area contributed by atoms with E-state index in [2.05, 4.69) is 25.4 Å². The minimum atomic E-state index is -2.51. The van der Waals surface area contributed by atoms with Gasteiger partial charge in [-0.25, -0.2) is 13.8 Å². The topological polar surface area (TPSA) is 116 Å². The van der Waals surface area contributed by atoms with Crippen LogP contribution in [-0.2, 0) is 4.74 Å². The van der Waals surface area contributed by atoms with Crippen LogP contribution in [0.4, 0.5) is 20.3 Å². The summed E-state index contributed by atoms with van der Waals surface area (Å²) >= 11 is 0. The molecule has 0 radical (unpaired) electrons. The molecule has 2 aliphatic rings. The standard InChI is InChI=1S/C24H28F2N6O3/c25-23(26)17-11-14(1-2-15(17)13-33)21-19(12-28-31-21)29-24(34)16-5-6-27-18-3-4-20(30-22(16)18)32-7-9-35-10-8-32/h3-6,12,14-15,17,23,33H,1-2,7-11,13H2,(H,28,31)(H,29,34). The molecule has 3 atom stereocenters. The van der Waals surface area contributed by atoms with Gasteiger partial charge in [0.25, 0.3) is 5.91 Å². The molecule has 9 nitrogen and oxygen atoms in total. The van der Waals surface area contributed by atoms with Crippen LogP contribution in [0, 0.1) is 11.8 Å². The zero-order chi connectivity index (χ0) is 24.4. The number of fused-ring (bicyclic) bond motifs is 1. The first-order valence-corrected chi connectivity index (χ1v) is 11.9. The highest BCUT2D eigenvalue weighted by molar-refractivity contribution is 6.11. The Bertz CT molecular complexity index is 1180. The molecule has 1 saturated carbocycles. The Labute approximate surface area is 200 Å². The molecule has 35 heavy (non-hydrogen) atoms. The van der Waals surface area contributed by atoms with Crippen molar-refractivity contribution < 1.29 is 23.4 Å². The number of aromatic nitrogens is 4. The first-order chi connectivity index (χ1) is 17.0. The maximum absolute atomic E-state index is 13.6. The molecule has 3 aromatic rings. The number of nitrogens with one attached hydrogen (secondary N) is 2. The highest BCUT2D eigenvalue weighted by atomic mass is 19.3. The van der Waals surface area contributed by atoms with E-state index in [0.29, 0.717) is 54.0 Å². The van der Waals surface area contributed by atoms with Gasteiger partial charge < -0.3 is 20.1 Å². The summed E-state index contributed by atoms with van der Waals surface area (Å²) in [5, 5.41) is 19.4. The van der Waals surface area contributed by atoms with Gasteiger partial charge in [-0.3, -0.25) is 14.9 Å². The number of rotatable bonds is 6. The lowest BCUT2D eigenvalue weighted by atomic mass is 9.73. The summed E-state index contributed by atoms with van der Waals surface area (Å²) in [6, 6.07) is 5.35. The number of alkyl halides is 2. The quantitative estimate of drug-likeness (QED) is 0.490. The molecule has 2 fully saturated rings. The Morgan fingerprint density at radius 1 is 1.26 bits per heavy atom. The van der Waals surface area contributed by atoms with E-state index in [1.807, 2.05) is 12.1 Å². The zero-order valence-corrected chi connectivity index (χ0v) is 19.2. The molecule has 3 aromatic heterocycles. The lowest BCUT2D eigenvalue weighted by molar-refractivity contribution is -0.00402. The Kier molecular flexibility index (Phi) is 6.87. The van der Waals surface area contributed by atoms with Crippen molar-refractivity contribution >= 4 is 28.4 Å². The zero-order valence-electron chi connectivity index (χ0n) is 19.2. The molecule has 1 amide bonds. The molecular weight excluding hydrogens is 458 g/mol. The lowest BCUT2D eigenvalue weighted by Gasteiger charge is -2.34. The molecule has 0 spiro atoms. The fourth-order valence-electron chi connectivity index (χ4n) is 5.12. The number of carbonyl (C=O) groups is 1. The molecule has 1 aliphatic heterocycles. The van der Waals surface area contributed by atoms with E-state index in [1.165, 1.54) is 0 Å². The van der Waals surface area contributed by atoms with E-state index in [4.69, 9.17) is 9.72 Å². The van der Waals surface area contributed by atoms with Crippen LogP contribution in [0.1, 0.15) is 41.2 Å². The fourth-order valence-corrected chi connectivity index (χ4v) is 5.12. The lowest BCUT2D eigenvalue weighted by Crippen LogP contribution is -2.36. The Morgan fingerprint density at radius 3 is 2.86 bits per heavy atom. The van der Waals surface area contributed by atoms with Crippen LogP contribution < -0.4 is 10.2 Å². The van der Waals surface area contributed by atoms with Crippen LogP contribution in [0.2, 0.25) is 0 Å². The Balaban J connectivity index is 1.38. The predicted molar refractivity (Wildman–Crippen MR) is 126 cm³/mol. The molecule has 4 heterocycles. The molecule has 5 rings (SSSR count). The second kappa shape index (κ2) is 10.2. The molecule has 0 aromatic carbocycles. The van der Waals surface area contributed by atoms with E-state index >= 15 is 0 Å². The molecule has 0 bridgehead atoms. The third-order valence-electron chi connectivity index (χ3n) is 7.06. The van der Waals surface area contributed by atoms with Gasteiger partial charge in [0, 0.05) is 43.9 Å². The van der Waals surface area contributed by atoms with Gasteiger partial charge in [0.2, 0.25) is 6.43 Å². The third-order valence-corrected chi connectivity index (χ3v) is 7.06. The van der Waals surface area contributed by atoms with Crippen molar-refractivity contribution in [3.8, 4) is 0 Å². The van der Waals surface area contributed by atoms with Gasteiger partial charge in [0.15, 0.2) is 0 Å². The molecule has 186 valence electrons. The maximum Gasteiger partial charge on any atom is 0.258 e. The number of carbonyl (C=O) groups excluding carboxylic acids is 1. The highest BCUT2D eigenvalue weighted by Crippen LogP contribution is 2.43. The Hall–Kier alpha value is -3.18. The van der Waals surface area contributed by atoms with Crippen molar-refractivity contribution in [1.29, 1.82) is 0 Å². The summed E-state index contributed by atoms with van der Waals surface area (Å²) in [7, 11) is 0. The molecular formula is C24H28F2N6O3. The second-order valence-corrected chi connectivity index (χ2v) is 9.08. The van der Waals surface area contributed by atoms with Gasteiger partial charge in [-0.1, -0.05) is 0 Å². The number of nitrogens with zero attached hydrogens (tertiary/aromatic N) is 4. The number of H-pyrrole nitrogens is 1. The number of anilines is 2. The molecule has 3 N–H and O–H groups in total. The summed E-state index contributed by atoms with van der Waals surface area (Å²) in [6.45, 7) is 2.43. The van der Waals surface area contributed by atoms with Crippen LogP contribution in [0.15, 0.2) is 30.6 Å². The molecule has 1 aliphatic carbocycles. The van der Waals surface area contributed by atoms with Gasteiger partial charge in [-0.15, -0.1) is 0 Å². The summed E-state index contributed by atoms with van der Waals surface area (Å²) in [5.74, 6) is -1.17. The average molecular weight is 487 g/mol. The van der Waals surface area contributed by atoms with Gasteiger partial charge in [0.05, 0.1) is 35.7 Å². The predicted octanol–water partition coefficient (Wildman–Crippen LogP) is 3.20. The smallest absolute Gasteiger partial charge is 0.258 e. The largest absolute Gasteiger partial charge is 0.396 e. The van der Waals surface area contributed by atoms with Gasteiger partial charge >= 0.3 is 0 Å². The van der Waals surface area contributed by atoms with Gasteiger partial charge in [-0.2, -0.15) is 5.10 Å². The van der Waals surface area contributed by atoms with Crippen molar-refractivity contribution in [3.05, 3.63) is 41.9 Å². The molecule has 3 unspecified atom stereocenters. The van der Waals surface area contributed by atoms with Crippen molar-refractivity contribution in [2.45, 2.75) is 31.6 Å². The minimum absolute atomic E-state index is 0.208. The van der Waals surface area contributed by atoms with Crippen LogP contribution in [0.5, 0.6) is 0 Å². The van der Waals surface area contributed by atoms with Crippen molar-refractivity contribution in [2.75, 3.05) is 43.1 Å². The summed E-state index contributed by atoms with van der Waals surface area (Å²) in [4.78, 5) is 24.5. The number of morpholine rings is 1. The minimum Gasteiger partial charge on any atom is -0.396 e. The van der Waals surface area contributed by atoms with E-state index in [0.717, 1.165) is 18.9 Å². The first kappa shape index (κ1) is 23.6. The van der Waals surface area contributed by atoms with E-state index in [1.54, 1.807) is 18.5 Å². The number of ether oxygens (including phenoxy) is 1. The van der Waals surface area contributed by atoms with E-state index in [-0.39, 0.29) is 24.9 Å². The number of pyridine rings is 2. The first-order valence-electron chi connectivity index (χ1n) is 11.9. The SMILES string of the molecule is O=C(Nc1c[nH]nc1C1CCC(CO)C(C(F)F)C1)c1ccnc2ccc(N3CCOCC3)nc12. The van der Waals surface area contributed by atoms with Gasteiger partial charge in [-0.05, 0) is 43.4 Å². The maximum atomic E-state index is 13.6. The normalized spacial score (nSPS) is 23.1. The number of aliphatic hydroxyl groups excluding tert-OH is 1. The number of hydrogen-bond donors (Lipinski definition) is 3. The fraction of sp³-hybridized carbons (Fsp3) is 0.500. The number of amides is 1. The van der Waals surface area contributed by atoms with E-state index in [9.17, 15) is 18.7 Å². The van der Waals surface area contributed by atoms with Gasteiger partial charge in [0.1, 0.15) is 11.3 Å². The van der Waals surface area contributed by atoms with Crippen molar-refractivity contribution in [3.63, 3.8) is 0 Å². The van der Waals surface area contributed by atoms with Crippen LogP contribution in [-0.4, -0.2) is 70.5 Å². The van der Waals surface area contributed by atoms with Crippen LogP contribution >= 0.6 is 0 Å². The monoisotopic (exact) mass is 486 g/mol. The summed E-state index contributed by atoms with van der Waals surface area (Å²) < 4.78 is 32.6. The second-order valence-electron chi connectivity index (χ2n) is 9.08. The Morgan fingerprint density at radius 2 is 2.09 bits per heavy atom. The van der Waals surface area contributed by atoms with E-state index < -0.39 is 18.3 Å².